The van der Waals surface area contributed by atoms with E-state index in [1.54, 1.807) is 6.07 Å². The number of para-hydroxylation sites is 1. The Balaban J connectivity index is 1.35. The second-order valence-electron chi connectivity index (χ2n) is 6.80. The predicted octanol–water partition coefficient (Wildman–Crippen LogP) is 4.35. The van der Waals surface area contributed by atoms with E-state index in [9.17, 15) is 9.59 Å². The van der Waals surface area contributed by atoms with Crippen LogP contribution in [0, 0.1) is 0 Å². The summed E-state index contributed by atoms with van der Waals surface area (Å²) in [6.07, 6.45) is 0.844. The van der Waals surface area contributed by atoms with Crippen LogP contribution in [0.5, 0.6) is 0 Å². The Bertz CT molecular complexity index is 1160. The number of thiophene rings is 1. The minimum Gasteiger partial charge on any atom is -0.351 e. The fourth-order valence-corrected chi connectivity index (χ4v) is 3.70. The van der Waals surface area contributed by atoms with Crippen molar-refractivity contribution in [3.05, 3.63) is 77.0 Å². The van der Waals surface area contributed by atoms with Crippen molar-refractivity contribution in [2.45, 2.75) is 12.8 Å². The molecule has 31 heavy (non-hydrogen) atoms. The molecule has 3 N–H and O–H groups in total. The van der Waals surface area contributed by atoms with Crippen LogP contribution >= 0.6 is 11.3 Å². The maximum atomic E-state index is 12.4. The molecule has 0 fully saturated rings. The lowest BCUT2D eigenvalue weighted by atomic mass is 10.1. The van der Waals surface area contributed by atoms with Gasteiger partial charge in [-0.1, -0.05) is 48.5 Å². The molecule has 4 aromatic rings. The van der Waals surface area contributed by atoms with Gasteiger partial charge in [-0.25, -0.2) is 4.98 Å². The average molecular weight is 432 g/mol. The first-order valence-electron chi connectivity index (χ1n) is 9.89. The summed E-state index contributed by atoms with van der Waals surface area (Å²) in [5, 5.41) is 14.9. The van der Waals surface area contributed by atoms with Gasteiger partial charge in [-0.2, -0.15) is 5.10 Å². The number of carbonyl (C=O) groups is 2. The standard InChI is InChI=1S/C23H21N5O2S/c29-20(13-6-14-24-23(30)19-12-7-15-31-19)25-18-11-5-4-10-17(18)22-26-21(27-28-22)16-8-2-1-3-9-16/h1-5,7-12,15H,6,13-14H2,(H,24,30)(H,25,29)(H,26,27,28). The van der Waals surface area contributed by atoms with Crippen molar-refractivity contribution in [2.24, 2.45) is 0 Å². The highest BCUT2D eigenvalue weighted by Crippen LogP contribution is 2.26. The highest BCUT2D eigenvalue weighted by Gasteiger charge is 2.13. The SMILES string of the molecule is O=C(CCCNC(=O)c1cccs1)Nc1ccccc1-c1nc(-c2ccccc2)n[nH]1. The molecule has 7 nitrogen and oxygen atoms in total. The summed E-state index contributed by atoms with van der Waals surface area (Å²) in [5.41, 5.74) is 2.33. The number of H-pyrrole nitrogens is 1. The molecule has 0 saturated heterocycles. The number of amides is 2. The third kappa shape index (κ3) is 5.23. The van der Waals surface area contributed by atoms with Crippen molar-refractivity contribution in [1.82, 2.24) is 20.5 Å². The van der Waals surface area contributed by atoms with E-state index in [1.807, 2.05) is 66.0 Å². The van der Waals surface area contributed by atoms with E-state index in [0.717, 1.165) is 11.1 Å². The molecule has 2 aromatic heterocycles. The Labute approximate surface area is 183 Å². The third-order valence-corrected chi connectivity index (χ3v) is 5.45. The van der Waals surface area contributed by atoms with Gasteiger partial charge in [0, 0.05) is 24.1 Å². The largest absolute Gasteiger partial charge is 0.351 e. The number of benzene rings is 2. The molecule has 0 aliphatic rings. The van der Waals surface area contributed by atoms with Crippen LogP contribution in [0.15, 0.2) is 72.1 Å². The van der Waals surface area contributed by atoms with Gasteiger partial charge in [-0.3, -0.25) is 14.7 Å². The first kappa shape index (κ1) is 20.5. The monoisotopic (exact) mass is 431 g/mol. The smallest absolute Gasteiger partial charge is 0.261 e. The maximum absolute atomic E-state index is 12.4. The van der Waals surface area contributed by atoms with Gasteiger partial charge in [0.25, 0.3) is 5.91 Å². The minimum atomic E-state index is -0.124. The molecule has 4 rings (SSSR count). The molecular formula is C23H21N5O2S. The highest BCUT2D eigenvalue weighted by atomic mass is 32.1. The molecule has 156 valence electrons. The van der Waals surface area contributed by atoms with Crippen molar-refractivity contribution in [3.63, 3.8) is 0 Å². The van der Waals surface area contributed by atoms with Crippen LogP contribution in [-0.4, -0.2) is 33.5 Å². The zero-order valence-corrected chi connectivity index (χ0v) is 17.5. The van der Waals surface area contributed by atoms with Gasteiger partial charge >= 0.3 is 0 Å². The lowest BCUT2D eigenvalue weighted by Gasteiger charge is -2.09. The zero-order chi connectivity index (χ0) is 21.5. The summed E-state index contributed by atoms with van der Waals surface area (Å²) in [5.74, 6) is 0.942. The van der Waals surface area contributed by atoms with Gasteiger partial charge in [0.1, 0.15) is 0 Å². The molecule has 0 atom stereocenters. The summed E-state index contributed by atoms with van der Waals surface area (Å²) < 4.78 is 0. The molecule has 0 bridgehead atoms. The Kier molecular flexibility index (Phi) is 6.49. The molecule has 0 saturated carbocycles. The average Bonchev–Trinajstić information content (AvgIpc) is 3.50. The number of anilines is 1. The Morgan fingerprint density at radius 3 is 2.58 bits per heavy atom. The second kappa shape index (κ2) is 9.82. The van der Waals surface area contributed by atoms with E-state index >= 15 is 0 Å². The number of nitrogens with zero attached hydrogens (tertiary/aromatic N) is 2. The number of carbonyl (C=O) groups excluding carboxylic acids is 2. The topological polar surface area (TPSA) is 99.8 Å². The minimum absolute atomic E-state index is 0.111. The molecule has 0 radical (unpaired) electrons. The number of aromatic amines is 1. The van der Waals surface area contributed by atoms with Crippen molar-refractivity contribution in [1.29, 1.82) is 0 Å². The highest BCUT2D eigenvalue weighted by molar-refractivity contribution is 7.12. The van der Waals surface area contributed by atoms with Crippen LogP contribution in [0.2, 0.25) is 0 Å². The summed E-state index contributed by atoms with van der Waals surface area (Å²) in [7, 11) is 0. The normalized spacial score (nSPS) is 10.6. The van der Waals surface area contributed by atoms with Crippen molar-refractivity contribution in [3.8, 4) is 22.8 Å². The Morgan fingerprint density at radius 1 is 0.968 bits per heavy atom. The summed E-state index contributed by atoms with van der Waals surface area (Å²) >= 11 is 1.39. The van der Waals surface area contributed by atoms with E-state index in [-0.39, 0.29) is 11.8 Å². The first-order chi connectivity index (χ1) is 15.2. The zero-order valence-electron chi connectivity index (χ0n) is 16.7. The van der Waals surface area contributed by atoms with E-state index < -0.39 is 0 Å². The maximum Gasteiger partial charge on any atom is 0.261 e. The van der Waals surface area contributed by atoms with Gasteiger partial charge in [0.2, 0.25) is 5.91 Å². The van der Waals surface area contributed by atoms with Crippen LogP contribution in [0.25, 0.3) is 22.8 Å². The molecule has 0 aliphatic carbocycles. The Morgan fingerprint density at radius 2 is 1.77 bits per heavy atom. The fourth-order valence-electron chi connectivity index (χ4n) is 3.06. The van der Waals surface area contributed by atoms with Crippen molar-refractivity contribution < 1.29 is 9.59 Å². The van der Waals surface area contributed by atoms with Gasteiger partial charge in [0.05, 0.1) is 10.6 Å². The lowest BCUT2D eigenvalue weighted by molar-refractivity contribution is -0.116. The lowest BCUT2D eigenvalue weighted by Crippen LogP contribution is -2.24. The molecule has 2 amide bonds. The second-order valence-corrected chi connectivity index (χ2v) is 7.75. The Hall–Kier alpha value is -3.78. The predicted molar refractivity (Wildman–Crippen MR) is 122 cm³/mol. The first-order valence-corrected chi connectivity index (χ1v) is 10.8. The van der Waals surface area contributed by atoms with Crippen LogP contribution in [0.1, 0.15) is 22.5 Å². The van der Waals surface area contributed by atoms with Gasteiger partial charge in [-0.05, 0) is 30.0 Å². The molecule has 2 heterocycles. The number of rotatable bonds is 8. The summed E-state index contributed by atoms with van der Waals surface area (Å²) in [4.78, 5) is 29.6. The van der Waals surface area contributed by atoms with Crippen molar-refractivity contribution in [2.75, 3.05) is 11.9 Å². The van der Waals surface area contributed by atoms with Gasteiger partial charge < -0.3 is 10.6 Å². The quantitative estimate of drug-likeness (QED) is 0.361. The van der Waals surface area contributed by atoms with Gasteiger partial charge in [0.15, 0.2) is 11.6 Å². The summed E-state index contributed by atoms with van der Waals surface area (Å²) in [6.45, 7) is 0.439. The molecule has 8 heteroatoms. The van der Waals surface area contributed by atoms with Crippen LogP contribution in [-0.2, 0) is 4.79 Å². The molecule has 0 aliphatic heterocycles. The number of hydrogen-bond acceptors (Lipinski definition) is 5. The van der Waals surface area contributed by atoms with Crippen LogP contribution < -0.4 is 10.6 Å². The van der Waals surface area contributed by atoms with E-state index in [0.29, 0.717) is 41.6 Å². The van der Waals surface area contributed by atoms with E-state index in [2.05, 4.69) is 25.8 Å². The molecule has 0 spiro atoms. The molecule has 2 aromatic carbocycles. The third-order valence-electron chi connectivity index (χ3n) is 4.58. The van der Waals surface area contributed by atoms with Gasteiger partial charge in [-0.15, -0.1) is 11.3 Å². The molecular weight excluding hydrogens is 410 g/mol. The van der Waals surface area contributed by atoms with E-state index in [1.165, 1.54) is 11.3 Å². The number of nitrogens with one attached hydrogen (secondary N) is 3. The summed E-state index contributed by atoms with van der Waals surface area (Å²) in [6, 6.07) is 20.8. The van der Waals surface area contributed by atoms with E-state index in [4.69, 9.17) is 0 Å². The van der Waals surface area contributed by atoms with Crippen LogP contribution in [0.4, 0.5) is 5.69 Å². The number of aromatic nitrogens is 3. The fraction of sp³-hybridized carbons (Fsp3) is 0.130. The van der Waals surface area contributed by atoms with Crippen LogP contribution in [0.3, 0.4) is 0 Å². The molecule has 0 unspecified atom stereocenters. The van der Waals surface area contributed by atoms with Crippen molar-refractivity contribution >= 4 is 28.8 Å². The number of hydrogen-bond donors (Lipinski definition) is 3.